The van der Waals surface area contributed by atoms with Gasteiger partial charge in [0.15, 0.2) is 5.82 Å². The van der Waals surface area contributed by atoms with Crippen molar-refractivity contribution in [1.29, 1.82) is 0 Å². The first-order valence-electron chi connectivity index (χ1n) is 6.31. The fraction of sp³-hybridized carbons (Fsp3) is 0.133. The van der Waals surface area contributed by atoms with E-state index in [1.165, 1.54) is 11.3 Å². The summed E-state index contributed by atoms with van der Waals surface area (Å²) in [5.74, 6) is -1.41. The molecule has 1 unspecified atom stereocenters. The molecule has 0 aliphatic rings. The third-order valence-electron chi connectivity index (χ3n) is 3.05. The number of hydrogen-bond donors (Lipinski definition) is 1. The average Bonchev–Trinajstić information content (AvgIpc) is 2.86. The summed E-state index contributed by atoms with van der Waals surface area (Å²) in [5.41, 5.74) is 0.988. The highest BCUT2D eigenvalue weighted by Crippen LogP contribution is 2.32. The SMILES string of the molecule is CC(Nc1c(F)cc(F)cc1Cl)c1nc2ccccc2s1. The van der Waals surface area contributed by atoms with Gasteiger partial charge in [0, 0.05) is 6.07 Å². The van der Waals surface area contributed by atoms with E-state index in [-0.39, 0.29) is 16.8 Å². The van der Waals surface area contributed by atoms with Crippen molar-refractivity contribution in [2.45, 2.75) is 13.0 Å². The zero-order chi connectivity index (χ0) is 15.0. The summed E-state index contributed by atoms with van der Waals surface area (Å²) in [6.45, 7) is 1.86. The van der Waals surface area contributed by atoms with E-state index >= 15 is 0 Å². The third kappa shape index (κ3) is 2.84. The van der Waals surface area contributed by atoms with Crippen LogP contribution in [0.5, 0.6) is 0 Å². The van der Waals surface area contributed by atoms with Gasteiger partial charge in [-0.2, -0.15) is 0 Å². The van der Waals surface area contributed by atoms with Gasteiger partial charge in [0.25, 0.3) is 0 Å². The van der Waals surface area contributed by atoms with Crippen molar-refractivity contribution in [3.8, 4) is 0 Å². The largest absolute Gasteiger partial charge is 0.373 e. The molecule has 108 valence electrons. The minimum atomic E-state index is -0.715. The van der Waals surface area contributed by atoms with Crippen molar-refractivity contribution in [3.63, 3.8) is 0 Å². The van der Waals surface area contributed by atoms with Crippen molar-refractivity contribution in [2.75, 3.05) is 5.32 Å². The Kier molecular flexibility index (Phi) is 3.78. The molecule has 0 aliphatic heterocycles. The van der Waals surface area contributed by atoms with Crippen LogP contribution in [-0.2, 0) is 0 Å². The van der Waals surface area contributed by atoms with Crippen LogP contribution in [-0.4, -0.2) is 4.98 Å². The van der Waals surface area contributed by atoms with Crippen molar-refractivity contribution in [1.82, 2.24) is 4.98 Å². The first kappa shape index (κ1) is 14.2. The summed E-state index contributed by atoms with van der Waals surface area (Å²) in [7, 11) is 0. The van der Waals surface area contributed by atoms with Gasteiger partial charge in [0.05, 0.1) is 27.0 Å². The molecule has 0 saturated heterocycles. The molecule has 21 heavy (non-hydrogen) atoms. The van der Waals surface area contributed by atoms with Gasteiger partial charge < -0.3 is 5.32 Å². The average molecular weight is 325 g/mol. The topological polar surface area (TPSA) is 24.9 Å². The number of thiazole rings is 1. The van der Waals surface area contributed by atoms with Gasteiger partial charge in [-0.1, -0.05) is 23.7 Å². The zero-order valence-electron chi connectivity index (χ0n) is 11.0. The number of aromatic nitrogens is 1. The second kappa shape index (κ2) is 5.58. The molecule has 0 bridgehead atoms. The number of halogens is 3. The summed E-state index contributed by atoms with van der Waals surface area (Å²) in [4.78, 5) is 4.50. The fourth-order valence-electron chi connectivity index (χ4n) is 2.03. The Labute approximate surface area is 129 Å². The maximum Gasteiger partial charge on any atom is 0.150 e. The lowest BCUT2D eigenvalue weighted by Crippen LogP contribution is -2.08. The normalized spacial score (nSPS) is 12.6. The Morgan fingerprint density at radius 2 is 2.00 bits per heavy atom. The van der Waals surface area contributed by atoms with E-state index in [0.717, 1.165) is 27.4 Å². The van der Waals surface area contributed by atoms with Crippen LogP contribution < -0.4 is 5.32 Å². The molecule has 1 aromatic heterocycles. The van der Waals surface area contributed by atoms with Crippen LogP contribution in [0.3, 0.4) is 0 Å². The van der Waals surface area contributed by atoms with Crippen LogP contribution in [0.4, 0.5) is 14.5 Å². The molecule has 0 fully saturated rings. The molecule has 0 aliphatic carbocycles. The number of hydrogen-bond acceptors (Lipinski definition) is 3. The van der Waals surface area contributed by atoms with E-state index in [4.69, 9.17) is 11.6 Å². The summed E-state index contributed by atoms with van der Waals surface area (Å²) >= 11 is 7.41. The zero-order valence-corrected chi connectivity index (χ0v) is 12.6. The minimum absolute atomic E-state index is 0.0143. The molecule has 6 heteroatoms. The van der Waals surface area contributed by atoms with E-state index < -0.39 is 11.6 Å². The number of nitrogens with one attached hydrogen (secondary N) is 1. The quantitative estimate of drug-likeness (QED) is 0.697. The molecule has 1 heterocycles. The van der Waals surface area contributed by atoms with Gasteiger partial charge in [0.2, 0.25) is 0 Å². The van der Waals surface area contributed by atoms with E-state index in [2.05, 4.69) is 10.3 Å². The number of fused-ring (bicyclic) bond motifs is 1. The van der Waals surface area contributed by atoms with Crippen molar-refractivity contribution in [3.05, 3.63) is 58.1 Å². The van der Waals surface area contributed by atoms with Crippen LogP contribution in [0.25, 0.3) is 10.2 Å². The summed E-state index contributed by atoms with van der Waals surface area (Å²) in [5, 5.41) is 3.79. The molecule has 0 radical (unpaired) electrons. The summed E-state index contributed by atoms with van der Waals surface area (Å²) < 4.78 is 27.9. The molecule has 0 amide bonds. The second-order valence-corrected chi connectivity index (χ2v) is 6.10. The van der Waals surface area contributed by atoms with Gasteiger partial charge in [-0.25, -0.2) is 13.8 Å². The molecule has 3 rings (SSSR count). The van der Waals surface area contributed by atoms with Crippen molar-refractivity contribution >= 4 is 38.8 Å². The standard InChI is InChI=1S/C15H11ClF2N2S/c1-8(15-20-12-4-2-3-5-13(12)21-15)19-14-10(16)6-9(17)7-11(14)18/h2-8,19H,1H3. The number of rotatable bonds is 3. The predicted molar refractivity (Wildman–Crippen MR) is 83.0 cm³/mol. The van der Waals surface area contributed by atoms with Gasteiger partial charge in [0.1, 0.15) is 10.8 Å². The molecular weight excluding hydrogens is 314 g/mol. The van der Waals surface area contributed by atoms with Crippen LogP contribution in [0.2, 0.25) is 5.02 Å². The van der Waals surface area contributed by atoms with Crippen molar-refractivity contribution in [2.24, 2.45) is 0 Å². The number of para-hydroxylation sites is 1. The Morgan fingerprint density at radius 1 is 1.24 bits per heavy atom. The van der Waals surface area contributed by atoms with Crippen LogP contribution >= 0.6 is 22.9 Å². The van der Waals surface area contributed by atoms with Crippen LogP contribution in [0.1, 0.15) is 18.0 Å². The molecular formula is C15H11ClF2N2S. The molecule has 1 atom stereocenters. The Morgan fingerprint density at radius 3 is 2.71 bits per heavy atom. The number of anilines is 1. The predicted octanol–water partition coefficient (Wildman–Crippen LogP) is 5.40. The van der Waals surface area contributed by atoms with E-state index in [0.29, 0.717) is 0 Å². The lowest BCUT2D eigenvalue weighted by atomic mass is 10.2. The fourth-order valence-corrected chi connectivity index (χ4v) is 3.25. The Hall–Kier alpha value is -1.72. The molecule has 0 saturated carbocycles. The highest BCUT2D eigenvalue weighted by atomic mass is 35.5. The van der Waals surface area contributed by atoms with Crippen molar-refractivity contribution < 1.29 is 8.78 Å². The monoisotopic (exact) mass is 324 g/mol. The lowest BCUT2D eigenvalue weighted by Gasteiger charge is -2.14. The Balaban J connectivity index is 1.91. The van der Waals surface area contributed by atoms with Gasteiger partial charge in [-0.15, -0.1) is 11.3 Å². The highest BCUT2D eigenvalue weighted by Gasteiger charge is 2.16. The van der Waals surface area contributed by atoms with Crippen LogP contribution in [0, 0.1) is 11.6 Å². The first-order chi connectivity index (χ1) is 10.0. The van der Waals surface area contributed by atoms with E-state index in [1.807, 2.05) is 31.2 Å². The highest BCUT2D eigenvalue weighted by molar-refractivity contribution is 7.18. The van der Waals surface area contributed by atoms with E-state index in [1.54, 1.807) is 0 Å². The van der Waals surface area contributed by atoms with Gasteiger partial charge in [-0.05, 0) is 25.1 Å². The third-order valence-corrected chi connectivity index (χ3v) is 4.57. The molecule has 2 aromatic carbocycles. The molecule has 2 nitrogen and oxygen atoms in total. The Bertz CT molecular complexity index is 747. The number of nitrogens with zero attached hydrogens (tertiary/aromatic N) is 1. The lowest BCUT2D eigenvalue weighted by molar-refractivity contribution is 0.584. The summed E-state index contributed by atoms with van der Waals surface area (Å²) in [6, 6.07) is 9.42. The molecule has 0 spiro atoms. The molecule has 3 aromatic rings. The maximum atomic E-state index is 13.8. The molecule has 1 N–H and O–H groups in total. The number of benzene rings is 2. The van der Waals surface area contributed by atoms with Gasteiger partial charge >= 0.3 is 0 Å². The van der Waals surface area contributed by atoms with E-state index in [9.17, 15) is 8.78 Å². The minimum Gasteiger partial charge on any atom is -0.373 e. The van der Waals surface area contributed by atoms with Gasteiger partial charge in [-0.3, -0.25) is 0 Å². The first-order valence-corrected chi connectivity index (χ1v) is 7.50. The maximum absolute atomic E-state index is 13.8. The van der Waals surface area contributed by atoms with Crippen LogP contribution in [0.15, 0.2) is 36.4 Å². The summed E-state index contributed by atoms with van der Waals surface area (Å²) in [6.07, 6.45) is 0. The second-order valence-electron chi connectivity index (χ2n) is 4.63. The smallest absolute Gasteiger partial charge is 0.150 e.